The van der Waals surface area contributed by atoms with Crippen LogP contribution in [0.1, 0.15) is 0 Å². The Kier molecular flexibility index (Phi) is 2.54. The first-order chi connectivity index (χ1) is 9.83. The third-order valence-electron chi connectivity index (χ3n) is 3.56. The van der Waals surface area contributed by atoms with Crippen molar-refractivity contribution in [2.75, 3.05) is 0 Å². The lowest BCUT2D eigenvalue weighted by atomic mass is 9.95. The molecule has 0 unspecified atom stereocenters. The molecule has 1 aliphatic rings. The molecule has 0 atom stereocenters. The average molecular weight is 279 g/mol. The summed E-state index contributed by atoms with van der Waals surface area (Å²) in [6.07, 6.45) is 0. The molecular weight excluding hydrogens is 268 g/mol. The molecule has 1 aliphatic heterocycles. The second kappa shape index (κ2) is 4.39. The van der Waals surface area contributed by atoms with Crippen molar-refractivity contribution < 1.29 is 4.74 Å². The predicted octanol–water partition coefficient (Wildman–Crippen LogP) is 5.78. The van der Waals surface area contributed by atoms with Crippen LogP contribution in [-0.2, 0) is 0 Å². The molecule has 2 heteroatoms. The minimum absolute atomic E-state index is 0.734. The number of benzene rings is 3. The Hall–Kier alpha value is -2.25. The fourth-order valence-corrected chi connectivity index (χ4v) is 2.82. The largest absolute Gasteiger partial charge is 0.456 e. The van der Waals surface area contributed by atoms with Gasteiger partial charge in [-0.3, -0.25) is 0 Å². The highest BCUT2D eigenvalue weighted by Crippen LogP contribution is 2.46. The van der Waals surface area contributed by atoms with Crippen LogP contribution in [0, 0.1) is 0 Å². The molecule has 3 aromatic rings. The topological polar surface area (TPSA) is 9.23 Å². The van der Waals surface area contributed by atoms with Crippen LogP contribution >= 0.6 is 11.6 Å². The summed E-state index contributed by atoms with van der Waals surface area (Å²) < 4.78 is 6.08. The van der Waals surface area contributed by atoms with Crippen LogP contribution in [0.4, 0.5) is 0 Å². The van der Waals surface area contributed by atoms with Gasteiger partial charge in [0.25, 0.3) is 0 Å². The zero-order chi connectivity index (χ0) is 13.5. The number of hydrogen-bond acceptors (Lipinski definition) is 1. The normalized spacial score (nSPS) is 11.7. The summed E-state index contributed by atoms with van der Waals surface area (Å²) in [4.78, 5) is 0. The zero-order valence-corrected chi connectivity index (χ0v) is 11.4. The summed E-state index contributed by atoms with van der Waals surface area (Å²) in [5.74, 6) is 1.74. The van der Waals surface area contributed by atoms with Gasteiger partial charge in [0.2, 0.25) is 0 Å². The van der Waals surface area contributed by atoms with Crippen LogP contribution < -0.4 is 4.74 Å². The number of halogens is 1. The van der Waals surface area contributed by atoms with Crippen molar-refractivity contribution in [3.8, 4) is 33.8 Å². The standard InChI is InChI=1S/C18H11ClO/c19-12-9-10-13-14-5-1-3-7-17(14)20-18-8-4-2-6-15(18)16(13)11-12/h1-11H. The summed E-state index contributed by atoms with van der Waals surface area (Å²) in [6, 6.07) is 22.1. The van der Waals surface area contributed by atoms with Crippen molar-refractivity contribution in [3.05, 3.63) is 71.8 Å². The van der Waals surface area contributed by atoms with Crippen molar-refractivity contribution in [2.24, 2.45) is 0 Å². The molecule has 0 bridgehead atoms. The Morgan fingerprint density at radius 2 is 1.20 bits per heavy atom. The molecule has 0 saturated heterocycles. The van der Waals surface area contributed by atoms with Crippen LogP contribution in [0.5, 0.6) is 11.5 Å². The first kappa shape index (κ1) is 11.6. The maximum Gasteiger partial charge on any atom is 0.135 e. The highest BCUT2D eigenvalue weighted by molar-refractivity contribution is 6.31. The third-order valence-corrected chi connectivity index (χ3v) is 3.79. The first-order valence-electron chi connectivity index (χ1n) is 6.49. The molecule has 1 heterocycles. The quantitative estimate of drug-likeness (QED) is 0.396. The second-order valence-corrected chi connectivity index (χ2v) is 5.22. The van der Waals surface area contributed by atoms with Gasteiger partial charge >= 0.3 is 0 Å². The molecule has 0 amide bonds. The maximum absolute atomic E-state index is 6.18. The highest BCUT2D eigenvalue weighted by atomic mass is 35.5. The van der Waals surface area contributed by atoms with Crippen molar-refractivity contribution in [2.45, 2.75) is 0 Å². The van der Waals surface area contributed by atoms with E-state index in [2.05, 4.69) is 18.2 Å². The summed E-state index contributed by atoms with van der Waals surface area (Å²) in [5.41, 5.74) is 4.42. The minimum atomic E-state index is 0.734. The predicted molar refractivity (Wildman–Crippen MR) is 82.4 cm³/mol. The molecule has 0 radical (unpaired) electrons. The lowest BCUT2D eigenvalue weighted by Gasteiger charge is -2.08. The number of para-hydroxylation sites is 2. The number of rotatable bonds is 0. The van der Waals surface area contributed by atoms with Gasteiger partial charge in [0.15, 0.2) is 0 Å². The number of ether oxygens (including phenoxy) is 1. The van der Waals surface area contributed by atoms with Crippen LogP contribution in [-0.4, -0.2) is 0 Å². The molecule has 0 aromatic heterocycles. The van der Waals surface area contributed by atoms with E-state index in [0.29, 0.717) is 0 Å². The second-order valence-electron chi connectivity index (χ2n) is 4.78. The molecule has 4 rings (SSSR count). The lowest BCUT2D eigenvalue weighted by molar-refractivity contribution is 0.488. The zero-order valence-electron chi connectivity index (χ0n) is 10.6. The fraction of sp³-hybridized carbons (Fsp3) is 0. The van der Waals surface area contributed by atoms with Gasteiger partial charge in [-0.2, -0.15) is 0 Å². The molecule has 1 nitrogen and oxygen atoms in total. The van der Waals surface area contributed by atoms with Gasteiger partial charge in [0.05, 0.1) is 0 Å². The average Bonchev–Trinajstić information content (AvgIpc) is 2.61. The Morgan fingerprint density at radius 3 is 1.90 bits per heavy atom. The Labute approximate surface area is 122 Å². The Balaban J connectivity index is 2.13. The number of hydrogen-bond donors (Lipinski definition) is 0. The maximum atomic E-state index is 6.18. The van der Waals surface area contributed by atoms with Crippen molar-refractivity contribution >= 4 is 11.6 Å². The number of fused-ring (bicyclic) bond motifs is 5. The van der Waals surface area contributed by atoms with Crippen molar-refractivity contribution in [1.82, 2.24) is 0 Å². The molecule has 96 valence electrons. The van der Waals surface area contributed by atoms with Gasteiger partial charge in [-0.25, -0.2) is 0 Å². The van der Waals surface area contributed by atoms with E-state index in [1.54, 1.807) is 0 Å². The molecule has 0 N–H and O–H groups in total. The first-order valence-corrected chi connectivity index (χ1v) is 6.87. The molecular formula is C18H11ClO. The van der Waals surface area contributed by atoms with E-state index < -0.39 is 0 Å². The summed E-state index contributed by atoms with van der Waals surface area (Å²) >= 11 is 6.18. The van der Waals surface area contributed by atoms with Crippen LogP contribution in [0.3, 0.4) is 0 Å². The van der Waals surface area contributed by atoms with Gasteiger partial charge in [0.1, 0.15) is 11.5 Å². The summed E-state index contributed by atoms with van der Waals surface area (Å²) in [6.45, 7) is 0. The van der Waals surface area contributed by atoms with E-state index in [1.807, 2.05) is 48.5 Å². The summed E-state index contributed by atoms with van der Waals surface area (Å²) in [5, 5.41) is 0.734. The van der Waals surface area contributed by atoms with Gasteiger partial charge in [-0.1, -0.05) is 54.1 Å². The molecule has 0 aliphatic carbocycles. The summed E-state index contributed by atoms with van der Waals surface area (Å²) in [7, 11) is 0. The lowest BCUT2D eigenvalue weighted by Crippen LogP contribution is -1.84. The fourth-order valence-electron chi connectivity index (χ4n) is 2.65. The van der Waals surface area contributed by atoms with Crippen molar-refractivity contribution in [3.63, 3.8) is 0 Å². The Bertz CT molecular complexity index is 808. The SMILES string of the molecule is Clc1ccc2c(c1)-c1ccccc1Oc1ccccc1-2. The molecule has 3 aromatic carbocycles. The van der Waals surface area contributed by atoms with Gasteiger partial charge in [0, 0.05) is 16.1 Å². The van der Waals surface area contributed by atoms with Gasteiger partial charge in [-0.15, -0.1) is 0 Å². The van der Waals surface area contributed by atoms with E-state index in [1.165, 1.54) is 0 Å². The van der Waals surface area contributed by atoms with E-state index >= 15 is 0 Å². The van der Waals surface area contributed by atoms with E-state index in [4.69, 9.17) is 16.3 Å². The van der Waals surface area contributed by atoms with Gasteiger partial charge in [-0.05, 0) is 35.4 Å². The van der Waals surface area contributed by atoms with E-state index in [0.717, 1.165) is 38.8 Å². The Morgan fingerprint density at radius 1 is 0.600 bits per heavy atom. The van der Waals surface area contributed by atoms with Crippen LogP contribution in [0.2, 0.25) is 5.02 Å². The highest BCUT2D eigenvalue weighted by Gasteiger charge is 2.19. The minimum Gasteiger partial charge on any atom is -0.456 e. The molecule has 0 saturated carbocycles. The smallest absolute Gasteiger partial charge is 0.135 e. The molecule has 0 spiro atoms. The van der Waals surface area contributed by atoms with Crippen LogP contribution in [0.15, 0.2) is 66.7 Å². The molecule has 20 heavy (non-hydrogen) atoms. The van der Waals surface area contributed by atoms with E-state index in [-0.39, 0.29) is 0 Å². The van der Waals surface area contributed by atoms with E-state index in [9.17, 15) is 0 Å². The monoisotopic (exact) mass is 278 g/mol. The van der Waals surface area contributed by atoms with Crippen molar-refractivity contribution in [1.29, 1.82) is 0 Å². The third kappa shape index (κ3) is 1.71. The van der Waals surface area contributed by atoms with Crippen LogP contribution in [0.25, 0.3) is 22.3 Å². The molecule has 0 fully saturated rings. The van der Waals surface area contributed by atoms with Gasteiger partial charge < -0.3 is 4.74 Å².